The van der Waals surface area contributed by atoms with Crippen molar-refractivity contribution in [2.45, 2.75) is 38.6 Å². The Bertz CT molecular complexity index is 630. The lowest BCUT2D eigenvalue weighted by Crippen LogP contribution is -2.15. The van der Waals surface area contributed by atoms with Gasteiger partial charge in [0, 0.05) is 23.5 Å². The van der Waals surface area contributed by atoms with E-state index in [-0.39, 0.29) is 5.91 Å². The van der Waals surface area contributed by atoms with Crippen LogP contribution in [0.4, 0.5) is 11.4 Å². The first kappa shape index (κ1) is 13.7. The summed E-state index contributed by atoms with van der Waals surface area (Å²) in [6.07, 6.45) is 5.02. The van der Waals surface area contributed by atoms with Gasteiger partial charge in [0.1, 0.15) is 5.76 Å². The molecule has 1 saturated carbocycles. The zero-order chi connectivity index (χ0) is 14.7. The van der Waals surface area contributed by atoms with E-state index in [1.807, 2.05) is 24.3 Å². The van der Waals surface area contributed by atoms with E-state index in [0.717, 1.165) is 11.4 Å². The first-order valence-electron chi connectivity index (χ1n) is 7.32. The number of anilines is 2. The molecule has 0 unspecified atom stereocenters. The van der Waals surface area contributed by atoms with Gasteiger partial charge >= 0.3 is 0 Å². The minimum atomic E-state index is -0.259. The number of amides is 1. The molecular weight excluding hydrogens is 266 g/mol. The van der Waals surface area contributed by atoms with Crippen molar-refractivity contribution in [1.29, 1.82) is 0 Å². The lowest BCUT2D eigenvalue weighted by atomic mass is 10.2. The van der Waals surface area contributed by atoms with E-state index in [1.165, 1.54) is 25.7 Å². The third kappa shape index (κ3) is 3.42. The summed E-state index contributed by atoms with van der Waals surface area (Å²) in [5.74, 6) is 0.363. The van der Waals surface area contributed by atoms with Crippen molar-refractivity contribution in [2.75, 3.05) is 10.6 Å². The van der Waals surface area contributed by atoms with Crippen molar-refractivity contribution in [3.63, 3.8) is 0 Å². The van der Waals surface area contributed by atoms with Crippen LogP contribution in [0.5, 0.6) is 0 Å². The average molecular weight is 285 g/mol. The summed E-state index contributed by atoms with van der Waals surface area (Å²) >= 11 is 0. The van der Waals surface area contributed by atoms with Gasteiger partial charge in [0.25, 0.3) is 5.91 Å². The topological polar surface area (TPSA) is 67.2 Å². The fourth-order valence-corrected chi connectivity index (χ4v) is 2.66. The molecule has 110 valence electrons. The second kappa shape index (κ2) is 5.99. The van der Waals surface area contributed by atoms with Crippen LogP contribution in [0.1, 0.15) is 41.9 Å². The van der Waals surface area contributed by atoms with E-state index in [4.69, 9.17) is 4.52 Å². The van der Waals surface area contributed by atoms with E-state index in [9.17, 15) is 4.79 Å². The van der Waals surface area contributed by atoms with Gasteiger partial charge in [-0.1, -0.05) is 24.1 Å². The van der Waals surface area contributed by atoms with Crippen molar-refractivity contribution < 1.29 is 9.32 Å². The molecule has 1 aliphatic rings. The zero-order valence-electron chi connectivity index (χ0n) is 12.1. The molecule has 0 bridgehead atoms. The van der Waals surface area contributed by atoms with Gasteiger partial charge in [-0.3, -0.25) is 4.79 Å². The molecule has 3 rings (SSSR count). The summed E-state index contributed by atoms with van der Waals surface area (Å²) in [4.78, 5) is 12.0. The Labute approximate surface area is 123 Å². The van der Waals surface area contributed by atoms with Crippen molar-refractivity contribution in [1.82, 2.24) is 5.16 Å². The number of benzene rings is 1. The highest BCUT2D eigenvalue weighted by atomic mass is 16.5. The highest BCUT2D eigenvalue weighted by Crippen LogP contribution is 2.24. The van der Waals surface area contributed by atoms with Gasteiger partial charge in [0.05, 0.1) is 0 Å². The highest BCUT2D eigenvalue weighted by molar-refractivity contribution is 6.03. The van der Waals surface area contributed by atoms with Crippen LogP contribution in [0.15, 0.2) is 34.9 Å². The van der Waals surface area contributed by atoms with Crippen LogP contribution in [0, 0.1) is 6.92 Å². The summed E-state index contributed by atoms with van der Waals surface area (Å²) in [5.41, 5.74) is 2.08. The van der Waals surface area contributed by atoms with Gasteiger partial charge in [-0.05, 0) is 38.0 Å². The van der Waals surface area contributed by atoms with Gasteiger partial charge < -0.3 is 15.2 Å². The maximum absolute atomic E-state index is 12.0. The molecule has 1 aliphatic carbocycles. The Morgan fingerprint density at radius 1 is 1.24 bits per heavy atom. The number of nitrogens with one attached hydrogen (secondary N) is 2. The van der Waals surface area contributed by atoms with E-state index >= 15 is 0 Å². The van der Waals surface area contributed by atoms with Gasteiger partial charge in [-0.25, -0.2) is 0 Å². The Morgan fingerprint density at radius 3 is 2.71 bits per heavy atom. The second-order valence-corrected chi connectivity index (χ2v) is 5.48. The Balaban J connectivity index is 1.66. The van der Waals surface area contributed by atoms with E-state index in [0.29, 0.717) is 17.5 Å². The zero-order valence-corrected chi connectivity index (χ0v) is 12.1. The molecule has 5 nitrogen and oxygen atoms in total. The summed E-state index contributed by atoms with van der Waals surface area (Å²) in [7, 11) is 0. The van der Waals surface area contributed by atoms with Crippen LogP contribution < -0.4 is 10.6 Å². The molecule has 2 N–H and O–H groups in total. The largest absolute Gasteiger partial charge is 0.382 e. The van der Waals surface area contributed by atoms with Gasteiger partial charge in [-0.15, -0.1) is 0 Å². The number of carbonyl (C=O) groups excluding carboxylic acids is 1. The Morgan fingerprint density at radius 2 is 2.00 bits per heavy atom. The molecule has 0 spiro atoms. The molecule has 0 radical (unpaired) electrons. The van der Waals surface area contributed by atoms with Crippen LogP contribution in [0.2, 0.25) is 0 Å². The predicted molar refractivity (Wildman–Crippen MR) is 81.5 cm³/mol. The lowest BCUT2D eigenvalue weighted by molar-refractivity contribution is 0.101. The maximum Gasteiger partial charge on any atom is 0.277 e. The SMILES string of the molecule is Cc1cc(C(=O)Nc2cccc(NC3CCCC3)c2)no1. The van der Waals surface area contributed by atoms with Gasteiger partial charge in [-0.2, -0.15) is 0 Å². The van der Waals surface area contributed by atoms with E-state index in [1.54, 1.807) is 13.0 Å². The van der Waals surface area contributed by atoms with E-state index < -0.39 is 0 Å². The maximum atomic E-state index is 12.0. The fourth-order valence-electron chi connectivity index (χ4n) is 2.66. The number of carbonyl (C=O) groups is 1. The normalized spacial score (nSPS) is 15.1. The van der Waals surface area contributed by atoms with Crippen LogP contribution >= 0.6 is 0 Å². The van der Waals surface area contributed by atoms with Crippen LogP contribution in [0.25, 0.3) is 0 Å². The van der Waals surface area contributed by atoms with Crippen molar-refractivity contribution in [3.8, 4) is 0 Å². The number of rotatable bonds is 4. The monoisotopic (exact) mass is 285 g/mol. The molecule has 1 fully saturated rings. The molecule has 1 amide bonds. The number of aromatic nitrogens is 1. The Kier molecular flexibility index (Phi) is 3.90. The quantitative estimate of drug-likeness (QED) is 0.900. The van der Waals surface area contributed by atoms with Crippen LogP contribution in [0.3, 0.4) is 0 Å². The smallest absolute Gasteiger partial charge is 0.277 e. The Hall–Kier alpha value is -2.30. The second-order valence-electron chi connectivity index (χ2n) is 5.48. The summed E-state index contributed by atoms with van der Waals surface area (Å²) in [6.45, 7) is 1.76. The van der Waals surface area contributed by atoms with Crippen molar-refractivity contribution >= 4 is 17.3 Å². The van der Waals surface area contributed by atoms with E-state index in [2.05, 4.69) is 15.8 Å². The van der Waals surface area contributed by atoms with Crippen LogP contribution in [-0.4, -0.2) is 17.1 Å². The van der Waals surface area contributed by atoms with Gasteiger partial charge in [0.2, 0.25) is 0 Å². The van der Waals surface area contributed by atoms with Gasteiger partial charge in [0.15, 0.2) is 5.69 Å². The third-order valence-corrected chi connectivity index (χ3v) is 3.71. The molecule has 5 heteroatoms. The van der Waals surface area contributed by atoms with Crippen molar-refractivity contribution in [2.24, 2.45) is 0 Å². The molecule has 0 aliphatic heterocycles. The highest BCUT2D eigenvalue weighted by Gasteiger charge is 2.15. The molecular formula is C16H19N3O2. The molecule has 0 atom stereocenters. The third-order valence-electron chi connectivity index (χ3n) is 3.71. The molecule has 0 saturated heterocycles. The summed E-state index contributed by atoms with van der Waals surface area (Å²) in [5, 5.41) is 10.1. The molecule has 1 aromatic heterocycles. The minimum Gasteiger partial charge on any atom is -0.382 e. The number of nitrogens with zero attached hydrogens (tertiary/aromatic N) is 1. The summed E-state index contributed by atoms with van der Waals surface area (Å²) < 4.78 is 4.91. The summed E-state index contributed by atoms with van der Waals surface area (Å²) in [6, 6.07) is 9.94. The molecule has 2 aromatic rings. The average Bonchev–Trinajstić information content (AvgIpc) is 3.11. The standard InChI is InChI=1S/C16H19N3O2/c1-11-9-15(19-21-11)16(20)18-14-8-4-7-13(10-14)17-12-5-2-3-6-12/h4,7-10,12,17H,2-3,5-6H2,1H3,(H,18,20). The van der Waals surface area contributed by atoms with Crippen LogP contribution in [-0.2, 0) is 0 Å². The number of hydrogen-bond donors (Lipinski definition) is 2. The molecule has 21 heavy (non-hydrogen) atoms. The van der Waals surface area contributed by atoms with Crippen molar-refractivity contribution in [3.05, 3.63) is 41.8 Å². The number of aryl methyl sites for hydroxylation is 1. The fraction of sp³-hybridized carbons (Fsp3) is 0.375. The number of hydrogen-bond acceptors (Lipinski definition) is 4. The molecule has 1 aromatic carbocycles. The first-order chi connectivity index (χ1) is 10.2. The minimum absolute atomic E-state index is 0.259. The predicted octanol–water partition coefficient (Wildman–Crippen LogP) is 3.59. The lowest BCUT2D eigenvalue weighted by Gasteiger charge is -2.14. The molecule has 1 heterocycles. The first-order valence-corrected chi connectivity index (χ1v) is 7.32.